The Bertz CT molecular complexity index is 441. The second kappa shape index (κ2) is 7.45. The van der Waals surface area contributed by atoms with Gasteiger partial charge >= 0.3 is 0 Å². The largest absolute Gasteiger partial charge is 0.385 e. The van der Waals surface area contributed by atoms with E-state index in [9.17, 15) is 9.90 Å². The first-order chi connectivity index (χ1) is 10.5. The van der Waals surface area contributed by atoms with E-state index in [1.165, 1.54) is 0 Å². The van der Waals surface area contributed by atoms with Crippen molar-refractivity contribution in [3.63, 3.8) is 0 Å². The van der Waals surface area contributed by atoms with E-state index in [0.29, 0.717) is 24.8 Å². The third kappa shape index (κ3) is 3.81. The normalized spacial score (nSPS) is 33.8. The van der Waals surface area contributed by atoms with Crippen LogP contribution in [0, 0.1) is 23.7 Å². The Morgan fingerprint density at radius 1 is 1.36 bits per heavy atom. The highest BCUT2D eigenvalue weighted by Crippen LogP contribution is 2.44. The van der Waals surface area contributed by atoms with Gasteiger partial charge in [0.05, 0.1) is 11.5 Å². The summed E-state index contributed by atoms with van der Waals surface area (Å²) in [6.07, 6.45) is 12.8. The Morgan fingerprint density at radius 2 is 2.09 bits per heavy atom. The van der Waals surface area contributed by atoms with Gasteiger partial charge in [0.15, 0.2) is 0 Å². The maximum absolute atomic E-state index is 12.8. The molecule has 22 heavy (non-hydrogen) atoms. The van der Waals surface area contributed by atoms with Gasteiger partial charge in [0.1, 0.15) is 0 Å². The summed E-state index contributed by atoms with van der Waals surface area (Å²) in [6.45, 7) is 7.08. The minimum Gasteiger partial charge on any atom is -0.385 e. The van der Waals surface area contributed by atoms with Gasteiger partial charge in [-0.25, -0.2) is 0 Å². The van der Waals surface area contributed by atoms with E-state index in [-0.39, 0.29) is 17.7 Å². The molecular weight excluding hydrogens is 274 g/mol. The van der Waals surface area contributed by atoms with Gasteiger partial charge in [0.25, 0.3) is 0 Å². The van der Waals surface area contributed by atoms with E-state index >= 15 is 0 Å². The van der Waals surface area contributed by atoms with Crippen LogP contribution >= 0.6 is 0 Å². The number of carbonyl (C=O) groups excluding carboxylic acids is 1. The molecule has 0 saturated carbocycles. The fraction of sp³-hybridized carbons (Fsp3) is 0.737. The van der Waals surface area contributed by atoms with Gasteiger partial charge in [0.2, 0.25) is 5.91 Å². The number of nitrogens with one attached hydrogen (secondary N) is 1. The molecule has 3 heteroatoms. The van der Waals surface area contributed by atoms with Crippen LogP contribution in [0.25, 0.3) is 0 Å². The Hall–Kier alpha value is -1.09. The lowest BCUT2D eigenvalue weighted by Crippen LogP contribution is -2.53. The molecule has 0 radical (unpaired) electrons. The minimum atomic E-state index is -0.983. The van der Waals surface area contributed by atoms with Crippen molar-refractivity contribution in [1.29, 1.82) is 0 Å². The molecule has 2 rings (SSSR count). The summed E-state index contributed by atoms with van der Waals surface area (Å²) in [5, 5.41) is 14.2. The molecule has 0 aromatic carbocycles. The van der Waals surface area contributed by atoms with Crippen LogP contribution in [0.1, 0.15) is 52.9 Å². The predicted molar refractivity (Wildman–Crippen MR) is 90.3 cm³/mol. The van der Waals surface area contributed by atoms with Gasteiger partial charge in [-0.05, 0) is 43.4 Å². The predicted octanol–water partition coefficient (Wildman–Crippen LogP) is 3.45. The van der Waals surface area contributed by atoms with Gasteiger partial charge in [-0.2, -0.15) is 0 Å². The zero-order valence-electron chi connectivity index (χ0n) is 14.2. The summed E-state index contributed by atoms with van der Waals surface area (Å²) in [5.74, 6) is 0.908. The van der Waals surface area contributed by atoms with Crippen LogP contribution in [-0.2, 0) is 4.79 Å². The van der Waals surface area contributed by atoms with Crippen LogP contribution in [0.15, 0.2) is 24.3 Å². The zero-order valence-corrected chi connectivity index (χ0v) is 14.2. The molecule has 0 saturated heterocycles. The third-order valence-electron chi connectivity index (χ3n) is 5.09. The van der Waals surface area contributed by atoms with Gasteiger partial charge in [-0.1, -0.05) is 51.5 Å². The molecule has 3 nitrogen and oxygen atoms in total. The van der Waals surface area contributed by atoms with Crippen molar-refractivity contribution in [2.75, 3.05) is 6.54 Å². The first kappa shape index (κ1) is 17.3. The number of hydrogen-bond acceptors (Lipinski definition) is 2. The summed E-state index contributed by atoms with van der Waals surface area (Å²) >= 11 is 0. The lowest BCUT2D eigenvalue weighted by molar-refractivity contribution is -0.138. The lowest BCUT2D eigenvalue weighted by atomic mass is 9.63. The fourth-order valence-corrected chi connectivity index (χ4v) is 3.88. The molecule has 0 aliphatic heterocycles. The van der Waals surface area contributed by atoms with Gasteiger partial charge in [-0.15, -0.1) is 0 Å². The first-order valence-electron chi connectivity index (χ1n) is 8.82. The zero-order chi connectivity index (χ0) is 16.2. The first-order valence-corrected chi connectivity index (χ1v) is 8.82. The Labute approximate surface area is 134 Å². The standard InChI is InChI=1S/C19H31NO2/c1-4-11-19(22)12-9-15-7-5-6-8-16(15)17(19)18(21)20-13-10-14(2)3/h5-6,9,12,14-17,22H,4,7-8,10-11,13H2,1-3H3,(H,20,21). The third-order valence-corrected chi connectivity index (χ3v) is 5.09. The van der Waals surface area contributed by atoms with Crippen molar-refractivity contribution in [2.24, 2.45) is 23.7 Å². The molecule has 0 aromatic heterocycles. The van der Waals surface area contributed by atoms with Crippen molar-refractivity contribution in [2.45, 2.75) is 58.5 Å². The van der Waals surface area contributed by atoms with Crippen molar-refractivity contribution < 1.29 is 9.90 Å². The van der Waals surface area contributed by atoms with Crippen molar-refractivity contribution in [3.05, 3.63) is 24.3 Å². The molecule has 0 aromatic rings. The monoisotopic (exact) mass is 305 g/mol. The smallest absolute Gasteiger partial charge is 0.226 e. The van der Waals surface area contributed by atoms with E-state index in [0.717, 1.165) is 25.7 Å². The molecule has 4 unspecified atom stereocenters. The van der Waals surface area contributed by atoms with Crippen molar-refractivity contribution in [3.8, 4) is 0 Å². The second-order valence-electron chi connectivity index (χ2n) is 7.32. The van der Waals surface area contributed by atoms with Gasteiger partial charge in [0, 0.05) is 6.54 Å². The SMILES string of the molecule is CCCC1(O)C=CC2CC=CCC2C1C(=O)NCCC(C)C. The fourth-order valence-electron chi connectivity index (χ4n) is 3.88. The number of allylic oxidation sites excluding steroid dienone is 3. The van der Waals surface area contributed by atoms with Crippen LogP contribution in [0.5, 0.6) is 0 Å². The van der Waals surface area contributed by atoms with E-state index < -0.39 is 5.60 Å². The molecule has 2 aliphatic carbocycles. The lowest BCUT2D eigenvalue weighted by Gasteiger charge is -2.44. The van der Waals surface area contributed by atoms with E-state index in [1.54, 1.807) is 0 Å². The molecule has 4 atom stereocenters. The van der Waals surface area contributed by atoms with E-state index in [1.807, 2.05) is 6.08 Å². The quantitative estimate of drug-likeness (QED) is 0.738. The number of hydrogen-bond donors (Lipinski definition) is 2. The molecule has 2 N–H and O–H groups in total. The molecule has 0 heterocycles. The Morgan fingerprint density at radius 3 is 2.77 bits per heavy atom. The van der Waals surface area contributed by atoms with E-state index in [2.05, 4.69) is 44.3 Å². The molecule has 0 fully saturated rings. The van der Waals surface area contributed by atoms with Crippen LogP contribution in [0.3, 0.4) is 0 Å². The highest BCUT2D eigenvalue weighted by Gasteiger charge is 2.48. The second-order valence-corrected chi connectivity index (χ2v) is 7.32. The number of aliphatic hydroxyl groups is 1. The number of rotatable bonds is 6. The summed E-state index contributed by atoms with van der Waals surface area (Å²) < 4.78 is 0. The van der Waals surface area contributed by atoms with Crippen LogP contribution < -0.4 is 5.32 Å². The highest BCUT2D eigenvalue weighted by molar-refractivity contribution is 5.81. The molecule has 1 amide bonds. The van der Waals surface area contributed by atoms with Crippen molar-refractivity contribution >= 4 is 5.91 Å². The van der Waals surface area contributed by atoms with Crippen molar-refractivity contribution in [1.82, 2.24) is 5.32 Å². The van der Waals surface area contributed by atoms with E-state index in [4.69, 9.17) is 0 Å². The topological polar surface area (TPSA) is 49.3 Å². The molecule has 2 aliphatic rings. The van der Waals surface area contributed by atoms with Crippen LogP contribution in [0.2, 0.25) is 0 Å². The number of amides is 1. The maximum atomic E-state index is 12.8. The summed E-state index contributed by atoms with van der Waals surface area (Å²) in [7, 11) is 0. The average molecular weight is 305 g/mol. The number of carbonyl (C=O) groups is 1. The Balaban J connectivity index is 2.15. The molecule has 0 spiro atoms. The minimum absolute atomic E-state index is 0.0336. The highest BCUT2D eigenvalue weighted by atomic mass is 16.3. The van der Waals surface area contributed by atoms with Crippen LogP contribution in [-0.4, -0.2) is 23.2 Å². The summed E-state index contributed by atoms with van der Waals surface area (Å²) in [4.78, 5) is 12.8. The number of fused-ring (bicyclic) bond motifs is 1. The average Bonchev–Trinajstić information content (AvgIpc) is 2.46. The molecular formula is C19H31NO2. The van der Waals surface area contributed by atoms with Gasteiger partial charge in [-0.3, -0.25) is 4.79 Å². The summed E-state index contributed by atoms with van der Waals surface area (Å²) in [5.41, 5.74) is -0.983. The van der Waals surface area contributed by atoms with Crippen LogP contribution in [0.4, 0.5) is 0 Å². The maximum Gasteiger partial charge on any atom is 0.226 e. The van der Waals surface area contributed by atoms with Gasteiger partial charge < -0.3 is 10.4 Å². The molecule has 0 bridgehead atoms. The summed E-state index contributed by atoms with van der Waals surface area (Å²) in [6, 6.07) is 0. The molecule has 124 valence electrons. The Kier molecular flexibility index (Phi) is 5.85.